The zero-order valence-electron chi connectivity index (χ0n) is 13.3. The van der Waals surface area contributed by atoms with Crippen LogP contribution in [0.1, 0.15) is 84.5 Å². The van der Waals surface area contributed by atoms with E-state index in [1.165, 1.54) is 51.4 Å². The largest absolute Gasteiger partial charge is 0.299 e. The zero-order valence-corrected chi connectivity index (χ0v) is 13.3. The van der Waals surface area contributed by atoms with E-state index in [1.54, 1.807) is 11.1 Å². The first-order valence-corrected chi connectivity index (χ1v) is 8.90. The minimum Gasteiger partial charge on any atom is -0.299 e. The van der Waals surface area contributed by atoms with Crippen LogP contribution in [-0.4, -0.2) is 5.78 Å². The highest BCUT2D eigenvalue weighted by atomic mass is 16.1. The molecule has 3 rings (SSSR count). The lowest BCUT2D eigenvalue weighted by Gasteiger charge is -2.48. The number of ketones is 1. The number of hydrogen-bond acceptors (Lipinski definition) is 1. The van der Waals surface area contributed by atoms with Crippen LogP contribution < -0.4 is 0 Å². The van der Waals surface area contributed by atoms with E-state index in [4.69, 9.17) is 0 Å². The van der Waals surface area contributed by atoms with Crippen LogP contribution >= 0.6 is 0 Å². The Morgan fingerprint density at radius 3 is 2.45 bits per heavy atom. The summed E-state index contributed by atoms with van der Waals surface area (Å²) in [7, 11) is 0. The van der Waals surface area contributed by atoms with Crippen LogP contribution in [0.5, 0.6) is 0 Å². The van der Waals surface area contributed by atoms with Crippen molar-refractivity contribution >= 4 is 5.78 Å². The van der Waals surface area contributed by atoms with E-state index in [0.29, 0.717) is 17.6 Å². The quantitative estimate of drug-likeness (QED) is 0.537. The summed E-state index contributed by atoms with van der Waals surface area (Å²) in [6.07, 6.45) is 14.0. The molecule has 1 fully saturated rings. The van der Waals surface area contributed by atoms with Gasteiger partial charge >= 0.3 is 0 Å². The van der Waals surface area contributed by atoms with E-state index < -0.39 is 0 Å². The van der Waals surface area contributed by atoms with Crippen LogP contribution in [0.15, 0.2) is 11.1 Å². The molecule has 0 aromatic heterocycles. The molecule has 0 N–H and O–H groups in total. The van der Waals surface area contributed by atoms with Gasteiger partial charge in [0.1, 0.15) is 5.78 Å². The predicted octanol–water partition coefficient (Wildman–Crippen LogP) is 5.44. The highest BCUT2D eigenvalue weighted by Gasteiger charge is 2.49. The summed E-state index contributed by atoms with van der Waals surface area (Å²) >= 11 is 0. The molecule has 0 unspecified atom stereocenters. The van der Waals surface area contributed by atoms with Gasteiger partial charge in [0.25, 0.3) is 0 Å². The molecule has 0 aliphatic heterocycles. The van der Waals surface area contributed by atoms with Crippen molar-refractivity contribution in [3.8, 4) is 0 Å². The average molecular weight is 274 g/mol. The fourth-order valence-corrected chi connectivity index (χ4v) is 5.22. The minimum atomic E-state index is 0.0235. The van der Waals surface area contributed by atoms with Gasteiger partial charge < -0.3 is 0 Å². The first-order chi connectivity index (χ1) is 9.65. The van der Waals surface area contributed by atoms with Crippen molar-refractivity contribution < 1.29 is 4.79 Å². The van der Waals surface area contributed by atoms with Crippen molar-refractivity contribution in [2.24, 2.45) is 17.3 Å². The maximum absolute atomic E-state index is 12.9. The smallest absolute Gasteiger partial charge is 0.142 e. The van der Waals surface area contributed by atoms with Crippen molar-refractivity contribution in [3.05, 3.63) is 11.1 Å². The molecule has 1 saturated carbocycles. The average Bonchev–Trinajstić information content (AvgIpc) is 2.41. The molecule has 3 aliphatic carbocycles. The lowest BCUT2D eigenvalue weighted by molar-refractivity contribution is -0.139. The molecule has 0 bridgehead atoms. The van der Waals surface area contributed by atoms with Crippen molar-refractivity contribution in [2.75, 3.05) is 0 Å². The van der Waals surface area contributed by atoms with Crippen LogP contribution in [-0.2, 0) is 4.79 Å². The number of allylic oxidation sites excluding steroid dienone is 2. The third kappa shape index (κ3) is 2.27. The summed E-state index contributed by atoms with van der Waals surface area (Å²) < 4.78 is 0. The van der Waals surface area contributed by atoms with E-state index in [0.717, 1.165) is 19.3 Å². The van der Waals surface area contributed by atoms with Crippen LogP contribution in [0.2, 0.25) is 0 Å². The van der Waals surface area contributed by atoms with E-state index in [2.05, 4.69) is 13.8 Å². The Morgan fingerprint density at radius 1 is 0.900 bits per heavy atom. The molecule has 0 amide bonds. The molecule has 0 aromatic rings. The van der Waals surface area contributed by atoms with Gasteiger partial charge in [0.2, 0.25) is 0 Å². The summed E-state index contributed by atoms with van der Waals surface area (Å²) in [6.45, 7) is 4.55. The Bertz CT molecular complexity index is 419. The first-order valence-electron chi connectivity index (χ1n) is 8.90. The summed E-state index contributed by atoms with van der Waals surface area (Å²) in [6, 6.07) is 0. The Hall–Kier alpha value is -0.590. The summed E-state index contributed by atoms with van der Waals surface area (Å²) in [4.78, 5) is 12.9. The highest BCUT2D eigenvalue weighted by Crippen LogP contribution is 2.53. The van der Waals surface area contributed by atoms with Crippen molar-refractivity contribution in [1.29, 1.82) is 0 Å². The van der Waals surface area contributed by atoms with E-state index in [9.17, 15) is 4.79 Å². The molecule has 0 saturated heterocycles. The van der Waals surface area contributed by atoms with Crippen LogP contribution in [0.4, 0.5) is 0 Å². The van der Waals surface area contributed by atoms with Gasteiger partial charge in [-0.3, -0.25) is 4.79 Å². The van der Waals surface area contributed by atoms with Gasteiger partial charge in [-0.1, -0.05) is 44.3 Å². The molecular weight excluding hydrogens is 244 g/mol. The molecule has 20 heavy (non-hydrogen) atoms. The fraction of sp³-hybridized carbons (Fsp3) is 0.842. The second kappa shape index (κ2) is 5.66. The van der Waals surface area contributed by atoms with Gasteiger partial charge in [0.05, 0.1) is 0 Å². The maximum Gasteiger partial charge on any atom is 0.142 e. The standard InChI is InChI=1S/C19H30O/c1-14-8-7-12-19(18(14)20)13-11-16-9-5-3-4-6-10-17(16)15(19)2/h14-15H,3-13H2,1-2H3/t14-,15+,19-/m0/s1. The summed E-state index contributed by atoms with van der Waals surface area (Å²) in [5.74, 6) is 1.44. The van der Waals surface area contributed by atoms with Crippen molar-refractivity contribution in [3.63, 3.8) is 0 Å². The van der Waals surface area contributed by atoms with Gasteiger partial charge in [0, 0.05) is 11.3 Å². The number of rotatable bonds is 0. The van der Waals surface area contributed by atoms with Gasteiger partial charge in [-0.25, -0.2) is 0 Å². The Morgan fingerprint density at radius 2 is 1.65 bits per heavy atom. The molecule has 3 aliphatic rings. The number of carbonyl (C=O) groups is 1. The second-order valence-electron chi connectivity index (χ2n) is 7.58. The Kier molecular flexibility index (Phi) is 4.06. The predicted molar refractivity (Wildman–Crippen MR) is 83.6 cm³/mol. The van der Waals surface area contributed by atoms with Gasteiger partial charge in [-0.2, -0.15) is 0 Å². The molecular formula is C19H30O. The van der Waals surface area contributed by atoms with Crippen LogP contribution in [0.3, 0.4) is 0 Å². The van der Waals surface area contributed by atoms with Crippen molar-refractivity contribution in [2.45, 2.75) is 84.5 Å². The molecule has 1 spiro atoms. The summed E-state index contributed by atoms with van der Waals surface area (Å²) in [5.41, 5.74) is 3.47. The maximum atomic E-state index is 12.9. The normalized spacial score (nSPS) is 39.4. The molecule has 112 valence electrons. The van der Waals surface area contributed by atoms with Gasteiger partial charge in [-0.15, -0.1) is 0 Å². The third-order valence-corrected chi connectivity index (χ3v) is 6.55. The Labute approximate surface area is 124 Å². The molecule has 1 nitrogen and oxygen atoms in total. The van der Waals surface area contributed by atoms with E-state index in [1.807, 2.05) is 0 Å². The number of carbonyl (C=O) groups excluding carboxylic acids is 1. The lowest BCUT2D eigenvalue weighted by atomic mass is 9.55. The second-order valence-corrected chi connectivity index (χ2v) is 7.58. The van der Waals surface area contributed by atoms with Crippen LogP contribution in [0, 0.1) is 17.3 Å². The zero-order chi connectivity index (χ0) is 14.2. The molecule has 0 heterocycles. The highest BCUT2D eigenvalue weighted by molar-refractivity contribution is 5.88. The first kappa shape index (κ1) is 14.4. The van der Waals surface area contributed by atoms with Gasteiger partial charge in [0.15, 0.2) is 0 Å². The number of Topliss-reactive ketones (excluding diaryl/α,β-unsaturated/α-hetero) is 1. The lowest BCUT2D eigenvalue weighted by Crippen LogP contribution is -2.46. The van der Waals surface area contributed by atoms with E-state index >= 15 is 0 Å². The minimum absolute atomic E-state index is 0.0235. The molecule has 0 radical (unpaired) electrons. The fourth-order valence-electron chi connectivity index (χ4n) is 5.22. The van der Waals surface area contributed by atoms with Crippen molar-refractivity contribution in [1.82, 2.24) is 0 Å². The van der Waals surface area contributed by atoms with E-state index in [-0.39, 0.29) is 5.41 Å². The molecule has 0 aromatic carbocycles. The monoisotopic (exact) mass is 274 g/mol. The molecule has 1 heteroatoms. The van der Waals surface area contributed by atoms with Crippen LogP contribution in [0.25, 0.3) is 0 Å². The van der Waals surface area contributed by atoms with Gasteiger partial charge in [-0.05, 0) is 57.3 Å². The SMILES string of the molecule is C[C@@H]1C2=C(CCCCCC2)CC[C@@]12CCC[C@H](C)C2=O. The Balaban J connectivity index is 1.91. The number of hydrogen-bond donors (Lipinski definition) is 0. The third-order valence-electron chi connectivity index (χ3n) is 6.55. The topological polar surface area (TPSA) is 17.1 Å². The summed E-state index contributed by atoms with van der Waals surface area (Å²) in [5, 5.41) is 0. The molecule has 3 atom stereocenters.